The van der Waals surface area contributed by atoms with Crippen molar-refractivity contribution < 1.29 is 0 Å². The molecule has 0 aliphatic heterocycles. The van der Waals surface area contributed by atoms with Gasteiger partial charge in [0, 0.05) is 6.54 Å². The molecule has 0 spiro atoms. The van der Waals surface area contributed by atoms with E-state index in [2.05, 4.69) is 10.3 Å². The number of anilines is 1. The maximum Gasteiger partial charge on any atom is 0.183 e. The number of halogens is 1. The first-order valence-electron chi connectivity index (χ1n) is 7.12. The van der Waals surface area contributed by atoms with Gasteiger partial charge in [0.25, 0.3) is 0 Å². The molecule has 1 aliphatic rings. The molecule has 2 nitrogen and oxygen atoms in total. The highest BCUT2D eigenvalue weighted by Crippen LogP contribution is 2.32. The number of benzene rings is 1. The number of rotatable bonds is 5. The van der Waals surface area contributed by atoms with Crippen molar-refractivity contribution in [3.05, 3.63) is 23.2 Å². The third-order valence-electron chi connectivity index (χ3n) is 3.91. The van der Waals surface area contributed by atoms with Crippen LogP contribution in [-0.4, -0.2) is 11.5 Å². The van der Waals surface area contributed by atoms with Gasteiger partial charge in [0.15, 0.2) is 5.13 Å². The molecule has 1 heterocycles. The Balaban J connectivity index is 1.52. The molecule has 0 unspecified atom stereocenters. The first-order valence-corrected chi connectivity index (χ1v) is 8.31. The summed E-state index contributed by atoms with van der Waals surface area (Å²) in [5.74, 6) is 0.978. The minimum absolute atomic E-state index is 0.800. The van der Waals surface area contributed by atoms with Crippen LogP contribution in [0.5, 0.6) is 0 Å². The van der Waals surface area contributed by atoms with Gasteiger partial charge in [-0.2, -0.15) is 0 Å². The van der Waals surface area contributed by atoms with Crippen molar-refractivity contribution in [3.63, 3.8) is 0 Å². The molecule has 1 N–H and O–H groups in total. The highest BCUT2D eigenvalue weighted by Gasteiger charge is 2.14. The van der Waals surface area contributed by atoms with Crippen molar-refractivity contribution in [2.24, 2.45) is 5.92 Å². The molecule has 1 saturated carbocycles. The number of hydrogen-bond acceptors (Lipinski definition) is 3. The second kappa shape index (κ2) is 6.10. The van der Waals surface area contributed by atoms with Crippen LogP contribution in [0.4, 0.5) is 5.13 Å². The first-order chi connectivity index (χ1) is 9.33. The maximum absolute atomic E-state index is 6.16. The van der Waals surface area contributed by atoms with E-state index in [-0.39, 0.29) is 0 Å². The van der Waals surface area contributed by atoms with Gasteiger partial charge in [-0.15, -0.1) is 0 Å². The van der Waals surface area contributed by atoms with Crippen molar-refractivity contribution >= 4 is 38.3 Å². The molecule has 0 radical (unpaired) electrons. The van der Waals surface area contributed by atoms with Crippen LogP contribution in [-0.2, 0) is 0 Å². The van der Waals surface area contributed by atoms with E-state index in [1.165, 1.54) is 38.5 Å². The summed E-state index contributed by atoms with van der Waals surface area (Å²) in [7, 11) is 0. The number of nitrogens with one attached hydrogen (secondary N) is 1. The van der Waals surface area contributed by atoms with E-state index in [4.69, 9.17) is 11.6 Å². The Labute approximate surface area is 123 Å². The van der Waals surface area contributed by atoms with Crippen molar-refractivity contribution in [1.82, 2.24) is 4.98 Å². The molecular formula is C15H19ClN2S. The van der Waals surface area contributed by atoms with E-state index in [1.54, 1.807) is 11.3 Å². The average molecular weight is 295 g/mol. The summed E-state index contributed by atoms with van der Waals surface area (Å²) in [5.41, 5.74) is 0.996. The summed E-state index contributed by atoms with van der Waals surface area (Å²) in [6.45, 7) is 1.02. The molecule has 1 aliphatic carbocycles. The van der Waals surface area contributed by atoms with Crippen LogP contribution in [0.2, 0.25) is 5.02 Å². The molecule has 0 saturated heterocycles. The summed E-state index contributed by atoms with van der Waals surface area (Å²) in [5, 5.41) is 5.23. The topological polar surface area (TPSA) is 24.9 Å². The largest absolute Gasteiger partial charge is 0.361 e. The number of fused-ring (bicyclic) bond motifs is 1. The Kier molecular flexibility index (Phi) is 4.24. The fraction of sp³-hybridized carbons (Fsp3) is 0.533. The highest BCUT2D eigenvalue weighted by molar-refractivity contribution is 7.22. The van der Waals surface area contributed by atoms with Crippen LogP contribution in [0.15, 0.2) is 18.2 Å². The lowest BCUT2D eigenvalue weighted by atomic mass is 10.0. The van der Waals surface area contributed by atoms with Crippen LogP contribution in [0.1, 0.15) is 38.5 Å². The molecule has 0 amide bonds. The summed E-state index contributed by atoms with van der Waals surface area (Å²) in [6, 6.07) is 5.89. The van der Waals surface area contributed by atoms with Gasteiger partial charge in [-0.05, 0) is 30.9 Å². The zero-order valence-electron chi connectivity index (χ0n) is 11.0. The van der Waals surface area contributed by atoms with Gasteiger partial charge in [0.05, 0.1) is 15.2 Å². The van der Waals surface area contributed by atoms with E-state index in [0.29, 0.717) is 0 Å². The third-order valence-corrected chi connectivity index (χ3v) is 5.40. The summed E-state index contributed by atoms with van der Waals surface area (Å²) in [6.07, 6.45) is 8.36. The number of hydrogen-bond donors (Lipinski definition) is 1. The third kappa shape index (κ3) is 3.21. The number of aromatic nitrogens is 1. The van der Waals surface area contributed by atoms with Gasteiger partial charge >= 0.3 is 0 Å². The molecule has 102 valence electrons. The molecule has 1 fully saturated rings. The smallest absolute Gasteiger partial charge is 0.183 e. The van der Waals surface area contributed by atoms with Gasteiger partial charge in [-0.25, -0.2) is 4.98 Å². The standard InChI is InChI=1S/C15H19ClN2S/c16-12-8-3-9-13-14(12)19-15(18-13)17-10-4-7-11-5-1-2-6-11/h3,8-9,11H,1-2,4-7,10H2,(H,17,18). The van der Waals surface area contributed by atoms with Crippen LogP contribution in [0, 0.1) is 5.92 Å². The molecule has 2 aromatic rings. The lowest BCUT2D eigenvalue weighted by Crippen LogP contribution is -2.03. The van der Waals surface area contributed by atoms with E-state index in [1.807, 2.05) is 18.2 Å². The normalized spacial score (nSPS) is 16.3. The SMILES string of the molecule is Clc1cccc2nc(NCCCC3CCCC3)sc12. The van der Waals surface area contributed by atoms with E-state index >= 15 is 0 Å². The lowest BCUT2D eigenvalue weighted by Gasteiger charge is -2.08. The highest BCUT2D eigenvalue weighted by atomic mass is 35.5. The van der Waals surface area contributed by atoms with Gasteiger partial charge in [0.2, 0.25) is 0 Å². The molecule has 1 aromatic heterocycles. The predicted molar refractivity (Wildman–Crippen MR) is 84.3 cm³/mol. The van der Waals surface area contributed by atoms with Crippen LogP contribution < -0.4 is 5.32 Å². The Bertz CT molecular complexity index is 546. The quantitative estimate of drug-likeness (QED) is 0.754. The van der Waals surface area contributed by atoms with Crippen molar-refractivity contribution in [3.8, 4) is 0 Å². The van der Waals surface area contributed by atoms with E-state index in [0.717, 1.165) is 32.8 Å². The zero-order chi connectivity index (χ0) is 13.1. The Morgan fingerprint density at radius 1 is 1.32 bits per heavy atom. The molecule has 4 heteroatoms. The Morgan fingerprint density at radius 2 is 2.16 bits per heavy atom. The van der Waals surface area contributed by atoms with Crippen LogP contribution >= 0.6 is 22.9 Å². The first kappa shape index (κ1) is 13.2. The van der Waals surface area contributed by atoms with Gasteiger partial charge in [0.1, 0.15) is 0 Å². The van der Waals surface area contributed by atoms with Crippen molar-refractivity contribution in [2.75, 3.05) is 11.9 Å². The second-order valence-electron chi connectivity index (χ2n) is 5.33. The Morgan fingerprint density at radius 3 is 2.95 bits per heavy atom. The summed E-state index contributed by atoms with van der Waals surface area (Å²) < 4.78 is 1.09. The van der Waals surface area contributed by atoms with Crippen LogP contribution in [0.25, 0.3) is 10.2 Å². The van der Waals surface area contributed by atoms with E-state index < -0.39 is 0 Å². The Hall–Kier alpha value is -0.800. The molecule has 19 heavy (non-hydrogen) atoms. The fourth-order valence-corrected chi connectivity index (χ4v) is 4.06. The monoisotopic (exact) mass is 294 g/mol. The summed E-state index contributed by atoms with van der Waals surface area (Å²) >= 11 is 7.81. The summed E-state index contributed by atoms with van der Waals surface area (Å²) in [4.78, 5) is 4.57. The molecule has 0 bridgehead atoms. The number of nitrogens with zero attached hydrogens (tertiary/aromatic N) is 1. The van der Waals surface area contributed by atoms with Crippen molar-refractivity contribution in [2.45, 2.75) is 38.5 Å². The van der Waals surface area contributed by atoms with Crippen molar-refractivity contribution in [1.29, 1.82) is 0 Å². The van der Waals surface area contributed by atoms with Gasteiger partial charge in [-0.3, -0.25) is 0 Å². The zero-order valence-corrected chi connectivity index (χ0v) is 12.6. The van der Waals surface area contributed by atoms with Crippen LogP contribution in [0.3, 0.4) is 0 Å². The minimum Gasteiger partial charge on any atom is -0.361 e. The fourth-order valence-electron chi connectivity index (χ4n) is 2.88. The average Bonchev–Trinajstić information content (AvgIpc) is 3.04. The molecule has 1 aromatic carbocycles. The minimum atomic E-state index is 0.800. The van der Waals surface area contributed by atoms with Gasteiger partial charge < -0.3 is 5.32 Å². The lowest BCUT2D eigenvalue weighted by molar-refractivity contribution is 0.491. The number of thiazole rings is 1. The second-order valence-corrected chi connectivity index (χ2v) is 6.73. The molecule has 0 atom stereocenters. The maximum atomic E-state index is 6.16. The predicted octanol–water partition coefficient (Wildman–Crippen LogP) is 5.33. The van der Waals surface area contributed by atoms with Gasteiger partial charge in [-0.1, -0.05) is 54.7 Å². The molecule has 3 rings (SSSR count). The molecular weight excluding hydrogens is 276 g/mol. The van der Waals surface area contributed by atoms with E-state index in [9.17, 15) is 0 Å².